The minimum absolute atomic E-state index is 0.0191. The number of ether oxygens (including phenoxy) is 3. The van der Waals surface area contributed by atoms with Gasteiger partial charge < -0.3 is 30.6 Å². The van der Waals surface area contributed by atoms with Crippen LogP contribution in [0, 0.1) is 5.92 Å². The number of hydrogen-bond donors (Lipinski definition) is 3. The van der Waals surface area contributed by atoms with Gasteiger partial charge in [-0.3, -0.25) is 9.78 Å². The number of fused-ring (bicyclic) bond motifs is 2. The summed E-state index contributed by atoms with van der Waals surface area (Å²) < 4.78 is 16.0. The van der Waals surface area contributed by atoms with Crippen LogP contribution in [-0.2, 0) is 11.3 Å². The highest BCUT2D eigenvalue weighted by Crippen LogP contribution is 2.36. The first-order valence-corrected chi connectivity index (χ1v) is 11.1. The fourth-order valence-corrected chi connectivity index (χ4v) is 4.42. The van der Waals surface area contributed by atoms with Crippen LogP contribution in [0.5, 0.6) is 17.4 Å². The SMILES string of the molecule is COc1ccc2nccc(NC(=O)[C@H]3CC[C@H](NCc4cc5c(cc4N)OCO5)CC3)c2n1. The quantitative estimate of drug-likeness (QED) is 0.491. The summed E-state index contributed by atoms with van der Waals surface area (Å²) >= 11 is 0. The second kappa shape index (κ2) is 9.11. The summed E-state index contributed by atoms with van der Waals surface area (Å²) in [6, 6.07) is 9.45. The Kier molecular flexibility index (Phi) is 5.87. The zero-order chi connectivity index (χ0) is 22.8. The van der Waals surface area contributed by atoms with Gasteiger partial charge in [-0.15, -0.1) is 0 Å². The van der Waals surface area contributed by atoms with Gasteiger partial charge in [0, 0.05) is 42.5 Å². The highest BCUT2D eigenvalue weighted by Gasteiger charge is 2.27. The minimum atomic E-state index is -0.0347. The van der Waals surface area contributed by atoms with Crippen LogP contribution < -0.4 is 30.6 Å². The molecule has 1 aromatic carbocycles. The molecule has 3 aromatic rings. The number of aromatic nitrogens is 2. The first-order valence-electron chi connectivity index (χ1n) is 11.1. The van der Waals surface area contributed by atoms with E-state index < -0.39 is 0 Å². The second-order valence-electron chi connectivity index (χ2n) is 8.40. The Hall–Kier alpha value is -3.59. The molecule has 5 rings (SSSR count). The summed E-state index contributed by atoms with van der Waals surface area (Å²) in [4.78, 5) is 21.7. The fourth-order valence-electron chi connectivity index (χ4n) is 4.42. The maximum absolute atomic E-state index is 13.0. The number of nitrogens with one attached hydrogen (secondary N) is 2. The third-order valence-corrected chi connectivity index (χ3v) is 6.34. The number of hydrogen-bond acceptors (Lipinski definition) is 8. The van der Waals surface area contributed by atoms with Gasteiger partial charge in [-0.1, -0.05) is 0 Å². The Morgan fingerprint density at radius 1 is 1.15 bits per heavy atom. The van der Waals surface area contributed by atoms with Crippen LogP contribution in [0.2, 0.25) is 0 Å². The number of methoxy groups -OCH3 is 1. The van der Waals surface area contributed by atoms with Gasteiger partial charge in [-0.25, -0.2) is 4.98 Å². The molecule has 0 saturated heterocycles. The molecule has 0 spiro atoms. The Morgan fingerprint density at radius 2 is 1.94 bits per heavy atom. The van der Waals surface area contributed by atoms with Crippen molar-refractivity contribution in [1.82, 2.24) is 15.3 Å². The zero-order valence-electron chi connectivity index (χ0n) is 18.5. The van der Waals surface area contributed by atoms with E-state index in [9.17, 15) is 4.79 Å². The second-order valence-corrected chi connectivity index (χ2v) is 8.40. The minimum Gasteiger partial charge on any atom is -0.481 e. The first kappa shape index (κ1) is 21.3. The normalized spacial score (nSPS) is 19.4. The molecule has 33 heavy (non-hydrogen) atoms. The molecular weight excluding hydrogens is 422 g/mol. The van der Waals surface area contributed by atoms with Crippen molar-refractivity contribution < 1.29 is 19.0 Å². The molecule has 9 nitrogen and oxygen atoms in total. The molecule has 9 heteroatoms. The van der Waals surface area contributed by atoms with Gasteiger partial charge in [0.15, 0.2) is 11.5 Å². The van der Waals surface area contributed by atoms with E-state index in [1.807, 2.05) is 18.2 Å². The van der Waals surface area contributed by atoms with Crippen LogP contribution in [-0.4, -0.2) is 35.8 Å². The van der Waals surface area contributed by atoms with Gasteiger partial charge in [0.05, 0.1) is 18.3 Å². The van der Waals surface area contributed by atoms with Crippen LogP contribution in [0.4, 0.5) is 11.4 Å². The maximum atomic E-state index is 13.0. The van der Waals surface area contributed by atoms with Gasteiger partial charge in [-0.2, -0.15) is 0 Å². The summed E-state index contributed by atoms with van der Waals surface area (Å²) in [5.74, 6) is 1.90. The van der Waals surface area contributed by atoms with E-state index in [-0.39, 0.29) is 18.6 Å². The van der Waals surface area contributed by atoms with Crippen molar-refractivity contribution in [1.29, 1.82) is 0 Å². The summed E-state index contributed by atoms with van der Waals surface area (Å²) in [5, 5.41) is 6.63. The van der Waals surface area contributed by atoms with Crippen LogP contribution in [0.3, 0.4) is 0 Å². The fraction of sp³-hybridized carbons (Fsp3) is 0.375. The van der Waals surface area contributed by atoms with Crippen molar-refractivity contribution in [3.8, 4) is 17.4 Å². The molecule has 1 aliphatic carbocycles. The summed E-state index contributed by atoms with van der Waals surface area (Å²) in [6.45, 7) is 0.886. The summed E-state index contributed by atoms with van der Waals surface area (Å²) in [7, 11) is 1.57. The number of nitrogen functional groups attached to an aromatic ring is 1. The molecule has 1 saturated carbocycles. The van der Waals surface area contributed by atoms with Gasteiger partial charge in [-0.05, 0) is 49.4 Å². The zero-order valence-corrected chi connectivity index (χ0v) is 18.5. The van der Waals surface area contributed by atoms with E-state index in [4.69, 9.17) is 19.9 Å². The molecule has 1 fully saturated rings. The first-order chi connectivity index (χ1) is 16.1. The topological polar surface area (TPSA) is 121 Å². The lowest BCUT2D eigenvalue weighted by molar-refractivity contribution is -0.120. The Morgan fingerprint density at radius 3 is 2.73 bits per heavy atom. The van der Waals surface area contributed by atoms with E-state index in [1.54, 1.807) is 25.4 Å². The van der Waals surface area contributed by atoms with E-state index in [2.05, 4.69) is 20.6 Å². The van der Waals surface area contributed by atoms with Gasteiger partial charge in [0.1, 0.15) is 5.52 Å². The van der Waals surface area contributed by atoms with E-state index >= 15 is 0 Å². The van der Waals surface area contributed by atoms with Crippen molar-refractivity contribution in [2.24, 2.45) is 5.92 Å². The van der Waals surface area contributed by atoms with E-state index in [0.29, 0.717) is 46.6 Å². The van der Waals surface area contributed by atoms with Crippen molar-refractivity contribution in [2.75, 3.05) is 25.0 Å². The largest absolute Gasteiger partial charge is 0.481 e. The van der Waals surface area contributed by atoms with Crippen molar-refractivity contribution >= 4 is 28.3 Å². The van der Waals surface area contributed by atoms with E-state index in [0.717, 1.165) is 37.0 Å². The number of nitrogens with zero attached hydrogens (tertiary/aromatic N) is 2. The van der Waals surface area contributed by atoms with Crippen LogP contribution in [0.25, 0.3) is 11.0 Å². The number of carbonyl (C=O) groups excluding carboxylic acids is 1. The standard InChI is InChI=1S/C24H27N5O4/c1-31-22-7-6-18-23(29-22)19(8-9-26-18)28-24(30)14-2-4-16(5-3-14)27-12-15-10-20-21(11-17(15)25)33-13-32-20/h6-11,14,16,27H,2-5,12-13,25H2,1H3,(H,26,28,30)/t14-,16-. The lowest BCUT2D eigenvalue weighted by atomic mass is 9.85. The average molecular weight is 450 g/mol. The Labute approximate surface area is 191 Å². The third-order valence-electron chi connectivity index (χ3n) is 6.34. The van der Waals surface area contributed by atoms with Crippen LogP contribution >= 0.6 is 0 Å². The molecular formula is C24H27N5O4. The molecule has 0 bridgehead atoms. The maximum Gasteiger partial charge on any atom is 0.231 e. The molecule has 0 radical (unpaired) electrons. The monoisotopic (exact) mass is 449 g/mol. The lowest BCUT2D eigenvalue weighted by Crippen LogP contribution is -2.36. The molecule has 172 valence electrons. The molecule has 0 unspecified atom stereocenters. The molecule has 1 aliphatic heterocycles. The predicted octanol–water partition coefficient (Wildman–Crippen LogP) is 3.24. The number of anilines is 2. The van der Waals surface area contributed by atoms with Crippen LogP contribution in [0.15, 0.2) is 36.5 Å². The van der Waals surface area contributed by atoms with Gasteiger partial charge >= 0.3 is 0 Å². The van der Waals surface area contributed by atoms with Gasteiger partial charge in [0.25, 0.3) is 0 Å². The predicted molar refractivity (Wildman–Crippen MR) is 124 cm³/mol. The summed E-state index contributed by atoms with van der Waals surface area (Å²) in [6.07, 6.45) is 5.16. The van der Waals surface area contributed by atoms with Crippen molar-refractivity contribution in [3.05, 3.63) is 42.1 Å². The van der Waals surface area contributed by atoms with E-state index in [1.165, 1.54) is 0 Å². The number of pyridine rings is 2. The molecule has 2 aliphatic rings. The van der Waals surface area contributed by atoms with Crippen molar-refractivity contribution in [2.45, 2.75) is 38.3 Å². The van der Waals surface area contributed by atoms with Crippen LogP contribution in [0.1, 0.15) is 31.2 Å². The third kappa shape index (κ3) is 4.49. The highest BCUT2D eigenvalue weighted by atomic mass is 16.7. The number of benzene rings is 1. The molecule has 3 heterocycles. The summed E-state index contributed by atoms with van der Waals surface area (Å²) in [5.41, 5.74) is 9.83. The molecule has 1 amide bonds. The number of rotatable bonds is 6. The molecule has 0 atom stereocenters. The average Bonchev–Trinajstić information content (AvgIpc) is 3.30. The molecule has 2 aromatic heterocycles. The highest BCUT2D eigenvalue weighted by molar-refractivity contribution is 6.00. The van der Waals surface area contributed by atoms with Gasteiger partial charge in [0.2, 0.25) is 18.6 Å². The number of amides is 1. The number of carbonyl (C=O) groups is 1. The Bertz CT molecular complexity index is 1180. The lowest BCUT2D eigenvalue weighted by Gasteiger charge is -2.28. The van der Waals surface area contributed by atoms with Crippen molar-refractivity contribution in [3.63, 3.8) is 0 Å². The number of nitrogens with two attached hydrogens (primary N) is 1. The molecule has 4 N–H and O–H groups in total. The smallest absolute Gasteiger partial charge is 0.231 e. The Balaban J connectivity index is 1.16.